The molecule has 0 aromatic heterocycles. The zero-order chi connectivity index (χ0) is 13.9. The van der Waals surface area contributed by atoms with Gasteiger partial charge in [-0.1, -0.05) is 39.5 Å². The van der Waals surface area contributed by atoms with E-state index in [2.05, 4.69) is 13.8 Å². The van der Waals surface area contributed by atoms with Crippen LogP contribution in [0, 0.1) is 23.2 Å². The van der Waals surface area contributed by atoms with Gasteiger partial charge in [0.1, 0.15) is 0 Å². The molecule has 110 valence electrons. The average Bonchev–Trinajstić information content (AvgIpc) is 2.41. The standard InChI is InChI=1S/C17H30O2/c1-3-4-14-9-11-17(12-10-14,16(18)19)15-7-5-13(2)6-8-15/h13-15H,3-12H2,1-2H3,(H,18,19). The van der Waals surface area contributed by atoms with E-state index in [0.717, 1.165) is 50.4 Å². The molecule has 2 nitrogen and oxygen atoms in total. The maximum Gasteiger partial charge on any atom is 0.309 e. The zero-order valence-electron chi connectivity index (χ0n) is 12.7. The van der Waals surface area contributed by atoms with Gasteiger partial charge in [-0.25, -0.2) is 0 Å². The van der Waals surface area contributed by atoms with Gasteiger partial charge in [-0.2, -0.15) is 0 Å². The maximum atomic E-state index is 11.9. The summed E-state index contributed by atoms with van der Waals surface area (Å²) in [4.78, 5) is 11.9. The van der Waals surface area contributed by atoms with Gasteiger partial charge in [-0.3, -0.25) is 4.79 Å². The summed E-state index contributed by atoms with van der Waals surface area (Å²) < 4.78 is 0. The van der Waals surface area contributed by atoms with Crippen LogP contribution in [-0.4, -0.2) is 11.1 Å². The first-order chi connectivity index (χ1) is 9.08. The SMILES string of the molecule is CCCC1CCC(C(=O)O)(C2CCC(C)CC2)CC1. The highest BCUT2D eigenvalue weighted by molar-refractivity contribution is 5.75. The molecular formula is C17H30O2. The highest BCUT2D eigenvalue weighted by Crippen LogP contribution is 2.51. The highest BCUT2D eigenvalue weighted by atomic mass is 16.4. The van der Waals surface area contributed by atoms with Crippen molar-refractivity contribution in [3.8, 4) is 0 Å². The number of carboxylic acid groups (broad SMARTS) is 1. The Labute approximate surface area is 118 Å². The molecule has 0 spiro atoms. The molecule has 0 bridgehead atoms. The summed E-state index contributed by atoms with van der Waals surface area (Å²) in [7, 11) is 0. The lowest BCUT2D eigenvalue weighted by Gasteiger charge is -2.44. The third-order valence-corrected chi connectivity index (χ3v) is 5.92. The minimum atomic E-state index is -0.498. The minimum absolute atomic E-state index is 0.371. The summed E-state index contributed by atoms with van der Waals surface area (Å²) in [6.45, 7) is 4.55. The number of carbonyl (C=O) groups is 1. The molecule has 0 heterocycles. The lowest BCUT2D eigenvalue weighted by Crippen LogP contribution is -2.43. The third kappa shape index (κ3) is 3.14. The first-order valence-corrected chi connectivity index (χ1v) is 8.32. The molecule has 0 saturated heterocycles. The number of hydrogen-bond acceptors (Lipinski definition) is 1. The second-order valence-electron chi connectivity index (χ2n) is 7.15. The lowest BCUT2D eigenvalue weighted by molar-refractivity contribution is -0.157. The normalized spacial score (nSPS) is 40.0. The van der Waals surface area contributed by atoms with Gasteiger partial charge < -0.3 is 5.11 Å². The fourth-order valence-electron chi connectivity index (χ4n) is 4.50. The van der Waals surface area contributed by atoms with Crippen LogP contribution in [0.25, 0.3) is 0 Å². The average molecular weight is 266 g/mol. The molecule has 2 aliphatic carbocycles. The van der Waals surface area contributed by atoms with E-state index in [1.807, 2.05) is 0 Å². The predicted octanol–water partition coefficient (Wildman–Crippen LogP) is 4.87. The Balaban J connectivity index is 2.02. The predicted molar refractivity (Wildman–Crippen MR) is 78.1 cm³/mol. The molecule has 2 heteroatoms. The second kappa shape index (κ2) is 6.28. The van der Waals surface area contributed by atoms with Gasteiger partial charge in [-0.05, 0) is 56.3 Å². The number of carboxylic acids is 1. The third-order valence-electron chi connectivity index (χ3n) is 5.92. The van der Waals surface area contributed by atoms with E-state index in [-0.39, 0.29) is 5.41 Å². The molecule has 0 aliphatic heterocycles. The molecular weight excluding hydrogens is 236 g/mol. The van der Waals surface area contributed by atoms with Crippen LogP contribution >= 0.6 is 0 Å². The summed E-state index contributed by atoms with van der Waals surface area (Å²) in [6, 6.07) is 0. The Morgan fingerprint density at radius 1 is 1.11 bits per heavy atom. The van der Waals surface area contributed by atoms with Crippen LogP contribution in [0.2, 0.25) is 0 Å². The first-order valence-electron chi connectivity index (χ1n) is 8.32. The van der Waals surface area contributed by atoms with E-state index >= 15 is 0 Å². The molecule has 2 saturated carbocycles. The van der Waals surface area contributed by atoms with Crippen LogP contribution in [0.15, 0.2) is 0 Å². The van der Waals surface area contributed by atoms with E-state index in [0.29, 0.717) is 5.92 Å². The summed E-state index contributed by atoms with van der Waals surface area (Å²) >= 11 is 0. The molecule has 0 atom stereocenters. The molecule has 2 rings (SSSR count). The topological polar surface area (TPSA) is 37.3 Å². The molecule has 0 unspecified atom stereocenters. The number of aliphatic carboxylic acids is 1. The van der Waals surface area contributed by atoms with Crippen LogP contribution in [0.3, 0.4) is 0 Å². The van der Waals surface area contributed by atoms with Gasteiger partial charge in [0.25, 0.3) is 0 Å². The highest BCUT2D eigenvalue weighted by Gasteiger charge is 2.48. The van der Waals surface area contributed by atoms with E-state index in [1.54, 1.807) is 0 Å². The van der Waals surface area contributed by atoms with Crippen molar-refractivity contribution in [3.63, 3.8) is 0 Å². The van der Waals surface area contributed by atoms with Crippen molar-refractivity contribution in [2.24, 2.45) is 23.2 Å². The molecule has 0 aromatic rings. The molecule has 1 N–H and O–H groups in total. The van der Waals surface area contributed by atoms with Gasteiger partial charge in [0, 0.05) is 0 Å². The summed E-state index contributed by atoms with van der Waals surface area (Å²) in [5, 5.41) is 9.82. The fourth-order valence-corrected chi connectivity index (χ4v) is 4.50. The van der Waals surface area contributed by atoms with Crippen LogP contribution in [-0.2, 0) is 4.79 Å². The second-order valence-corrected chi connectivity index (χ2v) is 7.15. The summed E-state index contributed by atoms with van der Waals surface area (Å²) in [6.07, 6.45) is 11.5. The Morgan fingerprint density at radius 3 is 2.16 bits per heavy atom. The van der Waals surface area contributed by atoms with Crippen molar-refractivity contribution < 1.29 is 9.90 Å². The Bertz CT molecular complexity index is 294. The quantitative estimate of drug-likeness (QED) is 0.788. The van der Waals surface area contributed by atoms with Gasteiger partial charge >= 0.3 is 5.97 Å². The van der Waals surface area contributed by atoms with E-state index < -0.39 is 5.97 Å². The van der Waals surface area contributed by atoms with Crippen LogP contribution in [0.4, 0.5) is 0 Å². The van der Waals surface area contributed by atoms with Gasteiger partial charge in [0.05, 0.1) is 5.41 Å². The van der Waals surface area contributed by atoms with Crippen molar-refractivity contribution in [2.75, 3.05) is 0 Å². The van der Waals surface area contributed by atoms with Crippen molar-refractivity contribution in [3.05, 3.63) is 0 Å². The molecule has 0 aromatic carbocycles. The van der Waals surface area contributed by atoms with Crippen LogP contribution in [0.5, 0.6) is 0 Å². The van der Waals surface area contributed by atoms with Gasteiger partial charge in [0.15, 0.2) is 0 Å². The van der Waals surface area contributed by atoms with Crippen molar-refractivity contribution in [2.45, 2.75) is 78.1 Å². The molecule has 2 aliphatic rings. The summed E-state index contributed by atoms with van der Waals surface area (Å²) in [5.74, 6) is 1.55. The number of hydrogen-bond donors (Lipinski definition) is 1. The van der Waals surface area contributed by atoms with E-state index in [9.17, 15) is 9.90 Å². The minimum Gasteiger partial charge on any atom is -0.481 e. The Hall–Kier alpha value is -0.530. The Morgan fingerprint density at radius 2 is 1.68 bits per heavy atom. The smallest absolute Gasteiger partial charge is 0.309 e. The molecule has 0 radical (unpaired) electrons. The van der Waals surface area contributed by atoms with E-state index in [1.165, 1.54) is 25.7 Å². The Kier molecular flexibility index (Phi) is 4.92. The van der Waals surface area contributed by atoms with Crippen LogP contribution in [0.1, 0.15) is 78.1 Å². The first kappa shape index (κ1) is 14.9. The van der Waals surface area contributed by atoms with Crippen LogP contribution < -0.4 is 0 Å². The molecule has 0 amide bonds. The monoisotopic (exact) mass is 266 g/mol. The molecule has 2 fully saturated rings. The largest absolute Gasteiger partial charge is 0.481 e. The van der Waals surface area contributed by atoms with Crippen molar-refractivity contribution in [1.29, 1.82) is 0 Å². The number of rotatable bonds is 4. The van der Waals surface area contributed by atoms with Gasteiger partial charge in [0.2, 0.25) is 0 Å². The fraction of sp³-hybridized carbons (Fsp3) is 0.941. The van der Waals surface area contributed by atoms with Crippen molar-refractivity contribution >= 4 is 5.97 Å². The summed E-state index contributed by atoms with van der Waals surface area (Å²) in [5.41, 5.74) is -0.371. The van der Waals surface area contributed by atoms with E-state index in [4.69, 9.17) is 0 Å². The lowest BCUT2D eigenvalue weighted by atomic mass is 9.59. The van der Waals surface area contributed by atoms with Gasteiger partial charge in [-0.15, -0.1) is 0 Å². The molecule has 19 heavy (non-hydrogen) atoms. The maximum absolute atomic E-state index is 11.9. The zero-order valence-corrected chi connectivity index (χ0v) is 12.7. The van der Waals surface area contributed by atoms with Crippen molar-refractivity contribution in [1.82, 2.24) is 0 Å².